The van der Waals surface area contributed by atoms with Gasteiger partial charge in [0.2, 0.25) is 0 Å². The molecule has 0 atom stereocenters. The van der Waals surface area contributed by atoms with Crippen LogP contribution < -0.4 is 0 Å². The van der Waals surface area contributed by atoms with Crippen molar-refractivity contribution in [2.45, 2.75) is 6.42 Å². The Kier molecular flexibility index (Phi) is 2.21. The van der Waals surface area contributed by atoms with Crippen LogP contribution in [0.15, 0.2) is 24.5 Å². The lowest BCUT2D eigenvalue weighted by atomic mass is 10.3. The van der Waals surface area contributed by atoms with E-state index in [4.69, 9.17) is 5.11 Å². The van der Waals surface area contributed by atoms with Gasteiger partial charge in [-0.15, -0.1) is 0 Å². The van der Waals surface area contributed by atoms with E-state index >= 15 is 0 Å². The van der Waals surface area contributed by atoms with Gasteiger partial charge in [0.05, 0.1) is 12.1 Å². The van der Waals surface area contributed by atoms with Crippen LogP contribution in [0.3, 0.4) is 0 Å². The molecule has 1 N–H and O–H groups in total. The van der Waals surface area contributed by atoms with Crippen LogP contribution in [0.25, 0.3) is 5.65 Å². The highest BCUT2D eigenvalue weighted by Gasteiger charge is 2.05. The summed E-state index contributed by atoms with van der Waals surface area (Å²) in [6.45, 7) is 0. The number of imidazole rings is 1. The fourth-order valence-corrected chi connectivity index (χ4v) is 1.37. The topological polar surface area (TPSA) is 71.7 Å². The van der Waals surface area contributed by atoms with Crippen LogP contribution in [0.2, 0.25) is 0 Å². The van der Waals surface area contributed by atoms with Crippen molar-refractivity contribution in [2.24, 2.45) is 0 Å². The van der Waals surface area contributed by atoms with Gasteiger partial charge in [0.1, 0.15) is 5.65 Å². The SMILES string of the molecule is O=Cc1ccc2nc(CC(=O)O)cn2c1. The second-order valence-corrected chi connectivity index (χ2v) is 3.15. The lowest BCUT2D eigenvalue weighted by molar-refractivity contribution is -0.136. The summed E-state index contributed by atoms with van der Waals surface area (Å²) in [6.07, 6.45) is 3.84. The summed E-state index contributed by atoms with van der Waals surface area (Å²) < 4.78 is 1.64. The smallest absolute Gasteiger partial charge is 0.309 e. The lowest BCUT2D eigenvalue weighted by Crippen LogP contribution is -1.99. The largest absolute Gasteiger partial charge is 0.481 e. The molecule has 2 aromatic heterocycles. The average molecular weight is 204 g/mol. The molecular formula is C10H8N2O3. The molecule has 0 aliphatic carbocycles. The Bertz CT molecular complexity index is 530. The number of carbonyl (C=O) groups is 2. The van der Waals surface area contributed by atoms with Crippen LogP contribution in [-0.4, -0.2) is 26.7 Å². The number of hydrogen-bond donors (Lipinski definition) is 1. The van der Waals surface area contributed by atoms with E-state index in [1.165, 1.54) is 0 Å². The number of aliphatic carboxylic acids is 1. The number of aldehydes is 1. The molecule has 0 radical (unpaired) electrons. The van der Waals surface area contributed by atoms with Crippen molar-refractivity contribution in [3.63, 3.8) is 0 Å². The molecule has 0 aliphatic rings. The van der Waals surface area contributed by atoms with E-state index in [2.05, 4.69) is 4.98 Å². The number of hydrogen-bond acceptors (Lipinski definition) is 3. The molecule has 76 valence electrons. The number of nitrogens with zero attached hydrogens (tertiary/aromatic N) is 2. The van der Waals surface area contributed by atoms with Gasteiger partial charge in [-0.2, -0.15) is 0 Å². The normalized spacial score (nSPS) is 10.4. The fourth-order valence-electron chi connectivity index (χ4n) is 1.37. The minimum absolute atomic E-state index is 0.113. The summed E-state index contributed by atoms with van der Waals surface area (Å²) in [5.41, 5.74) is 1.64. The Hall–Kier alpha value is -2.17. The zero-order valence-electron chi connectivity index (χ0n) is 7.75. The fraction of sp³-hybridized carbons (Fsp3) is 0.100. The molecule has 2 aromatic rings. The quantitative estimate of drug-likeness (QED) is 0.749. The van der Waals surface area contributed by atoms with Gasteiger partial charge in [0.25, 0.3) is 0 Å². The zero-order chi connectivity index (χ0) is 10.8. The zero-order valence-corrected chi connectivity index (χ0v) is 7.75. The van der Waals surface area contributed by atoms with E-state index in [1.807, 2.05) is 0 Å². The Morgan fingerprint density at radius 1 is 1.47 bits per heavy atom. The summed E-state index contributed by atoms with van der Waals surface area (Å²) >= 11 is 0. The first-order valence-corrected chi connectivity index (χ1v) is 4.33. The number of carboxylic acids is 1. The minimum atomic E-state index is -0.922. The number of fused-ring (bicyclic) bond motifs is 1. The molecule has 0 spiro atoms. The van der Waals surface area contributed by atoms with Gasteiger partial charge in [0, 0.05) is 18.0 Å². The Morgan fingerprint density at radius 3 is 2.93 bits per heavy atom. The van der Waals surface area contributed by atoms with E-state index in [-0.39, 0.29) is 6.42 Å². The van der Waals surface area contributed by atoms with Crippen LogP contribution in [0.4, 0.5) is 0 Å². The maximum absolute atomic E-state index is 10.5. The molecule has 0 bridgehead atoms. The van der Waals surface area contributed by atoms with Crippen LogP contribution >= 0.6 is 0 Å². The number of rotatable bonds is 3. The van der Waals surface area contributed by atoms with Crippen molar-refractivity contribution in [2.75, 3.05) is 0 Å². The summed E-state index contributed by atoms with van der Waals surface area (Å²) in [7, 11) is 0. The first-order valence-electron chi connectivity index (χ1n) is 4.33. The van der Waals surface area contributed by atoms with E-state index < -0.39 is 5.97 Å². The highest BCUT2D eigenvalue weighted by molar-refractivity contribution is 5.75. The van der Waals surface area contributed by atoms with E-state index in [0.717, 1.165) is 6.29 Å². The van der Waals surface area contributed by atoms with Gasteiger partial charge in [-0.25, -0.2) is 4.98 Å². The maximum Gasteiger partial charge on any atom is 0.309 e. The van der Waals surface area contributed by atoms with Crippen LogP contribution in [0.1, 0.15) is 16.1 Å². The predicted octanol–water partition coefficient (Wildman–Crippen LogP) is 0.774. The molecule has 0 unspecified atom stereocenters. The van der Waals surface area contributed by atoms with Crippen molar-refractivity contribution in [1.82, 2.24) is 9.38 Å². The summed E-state index contributed by atoms with van der Waals surface area (Å²) in [4.78, 5) is 25.1. The number of carboxylic acid groups (broad SMARTS) is 1. The van der Waals surface area contributed by atoms with Gasteiger partial charge in [-0.1, -0.05) is 0 Å². The maximum atomic E-state index is 10.5. The molecule has 15 heavy (non-hydrogen) atoms. The Labute approximate surface area is 85.0 Å². The predicted molar refractivity (Wildman–Crippen MR) is 51.9 cm³/mol. The summed E-state index contributed by atoms with van der Waals surface area (Å²) in [6, 6.07) is 3.31. The molecule has 2 rings (SSSR count). The molecule has 5 nitrogen and oxygen atoms in total. The minimum Gasteiger partial charge on any atom is -0.481 e. The summed E-state index contributed by atoms with van der Waals surface area (Å²) in [5, 5.41) is 8.59. The van der Waals surface area contributed by atoms with Gasteiger partial charge >= 0.3 is 5.97 Å². The molecular weight excluding hydrogens is 196 g/mol. The van der Waals surface area contributed by atoms with Gasteiger partial charge in [-0.05, 0) is 12.1 Å². The van der Waals surface area contributed by atoms with E-state index in [0.29, 0.717) is 16.9 Å². The molecule has 2 heterocycles. The van der Waals surface area contributed by atoms with Gasteiger partial charge in [0.15, 0.2) is 6.29 Å². The number of aromatic nitrogens is 2. The monoisotopic (exact) mass is 204 g/mol. The van der Waals surface area contributed by atoms with Crippen LogP contribution in [-0.2, 0) is 11.2 Å². The highest BCUT2D eigenvalue weighted by Crippen LogP contribution is 2.07. The molecule has 0 fully saturated rings. The number of carbonyl (C=O) groups excluding carboxylic acids is 1. The molecule has 0 saturated carbocycles. The van der Waals surface area contributed by atoms with E-state index in [9.17, 15) is 9.59 Å². The average Bonchev–Trinajstić information content (AvgIpc) is 2.57. The third kappa shape index (κ3) is 1.85. The standard InChI is InChI=1S/C10H8N2O3/c13-6-7-1-2-9-11-8(3-10(14)15)5-12(9)4-7/h1-2,4-6H,3H2,(H,14,15). The van der Waals surface area contributed by atoms with Gasteiger partial charge < -0.3 is 9.51 Å². The van der Waals surface area contributed by atoms with Crippen LogP contribution in [0.5, 0.6) is 0 Å². The first-order chi connectivity index (χ1) is 7.19. The molecule has 0 aromatic carbocycles. The van der Waals surface area contributed by atoms with Crippen molar-refractivity contribution in [3.8, 4) is 0 Å². The third-order valence-corrected chi connectivity index (χ3v) is 1.99. The second kappa shape index (κ2) is 3.53. The third-order valence-electron chi connectivity index (χ3n) is 1.99. The van der Waals surface area contributed by atoms with Crippen molar-refractivity contribution >= 4 is 17.9 Å². The summed E-state index contributed by atoms with van der Waals surface area (Å²) in [5.74, 6) is -0.922. The van der Waals surface area contributed by atoms with E-state index in [1.54, 1.807) is 28.9 Å². The molecule has 0 amide bonds. The van der Waals surface area contributed by atoms with Crippen molar-refractivity contribution in [3.05, 3.63) is 35.8 Å². The second-order valence-electron chi connectivity index (χ2n) is 3.15. The molecule has 0 aliphatic heterocycles. The highest BCUT2D eigenvalue weighted by atomic mass is 16.4. The van der Waals surface area contributed by atoms with Gasteiger partial charge in [-0.3, -0.25) is 9.59 Å². The number of pyridine rings is 1. The molecule has 5 heteroatoms. The van der Waals surface area contributed by atoms with Crippen molar-refractivity contribution < 1.29 is 14.7 Å². The van der Waals surface area contributed by atoms with Crippen LogP contribution in [0, 0.1) is 0 Å². The van der Waals surface area contributed by atoms with Crippen molar-refractivity contribution in [1.29, 1.82) is 0 Å². The lowest BCUT2D eigenvalue weighted by Gasteiger charge is -1.92. The Balaban J connectivity index is 2.46. The first kappa shape index (κ1) is 9.39. The Morgan fingerprint density at radius 2 is 2.27 bits per heavy atom. The molecule has 0 saturated heterocycles.